The van der Waals surface area contributed by atoms with Gasteiger partial charge in [-0.25, -0.2) is 0 Å². The molecule has 0 bridgehead atoms. The van der Waals surface area contributed by atoms with Crippen molar-refractivity contribution in [3.63, 3.8) is 0 Å². The zero-order valence-electron chi connectivity index (χ0n) is 14.0. The van der Waals surface area contributed by atoms with Gasteiger partial charge in [-0.05, 0) is 48.9 Å². The highest BCUT2D eigenvalue weighted by Gasteiger charge is 2.36. The van der Waals surface area contributed by atoms with Gasteiger partial charge in [-0.2, -0.15) is 0 Å². The van der Waals surface area contributed by atoms with E-state index < -0.39 is 0 Å². The predicted molar refractivity (Wildman–Crippen MR) is 99.8 cm³/mol. The maximum Gasteiger partial charge on any atom is 0.0393 e. The molecule has 0 spiro atoms. The second kappa shape index (κ2) is 6.42. The fourth-order valence-electron chi connectivity index (χ4n) is 3.67. The molecule has 0 aliphatic heterocycles. The number of hydrogen-bond donors (Lipinski definition) is 0. The molecule has 0 saturated carbocycles. The quantitative estimate of drug-likeness (QED) is 0.607. The summed E-state index contributed by atoms with van der Waals surface area (Å²) in [5.74, 6) is 0. The van der Waals surface area contributed by atoms with Crippen LogP contribution >= 0.6 is 0 Å². The van der Waals surface area contributed by atoms with Gasteiger partial charge in [0.2, 0.25) is 0 Å². The Labute approximate surface area is 139 Å². The molecule has 0 radical (unpaired) electrons. The minimum Gasteiger partial charge on any atom is -0.103 e. The van der Waals surface area contributed by atoms with Crippen LogP contribution in [-0.2, 0) is 11.8 Å². The summed E-state index contributed by atoms with van der Waals surface area (Å²) >= 11 is 0. The zero-order valence-corrected chi connectivity index (χ0v) is 14.0. The van der Waals surface area contributed by atoms with Crippen molar-refractivity contribution < 1.29 is 0 Å². The molecule has 0 aromatic heterocycles. The van der Waals surface area contributed by atoms with Crippen molar-refractivity contribution in [2.24, 2.45) is 0 Å². The van der Waals surface area contributed by atoms with Crippen molar-refractivity contribution >= 4 is 0 Å². The summed E-state index contributed by atoms with van der Waals surface area (Å²) in [4.78, 5) is 0. The Hall–Kier alpha value is -2.34. The fraction of sp³-hybridized carbons (Fsp3) is 0.217. The first-order valence-electron chi connectivity index (χ1n) is 8.28. The molecule has 1 aliphatic carbocycles. The van der Waals surface area contributed by atoms with E-state index in [1.165, 1.54) is 27.8 Å². The number of rotatable bonds is 5. The van der Waals surface area contributed by atoms with Crippen LogP contribution in [-0.4, -0.2) is 0 Å². The molecule has 0 amide bonds. The van der Waals surface area contributed by atoms with Crippen LogP contribution in [0.15, 0.2) is 85.0 Å². The maximum absolute atomic E-state index is 3.96. The fourth-order valence-corrected chi connectivity index (χ4v) is 3.67. The number of allylic oxidation sites excluding steroid dienone is 5. The molecule has 2 aromatic carbocycles. The third-order valence-corrected chi connectivity index (χ3v) is 5.03. The van der Waals surface area contributed by atoms with Crippen molar-refractivity contribution in [1.82, 2.24) is 0 Å². The average molecular weight is 300 g/mol. The summed E-state index contributed by atoms with van der Waals surface area (Å²) in [5.41, 5.74) is 6.92. The number of aryl methyl sites for hydroxylation is 1. The van der Waals surface area contributed by atoms with Gasteiger partial charge in [-0.3, -0.25) is 0 Å². The van der Waals surface area contributed by atoms with Gasteiger partial charge in [-0.15, -0.1) is 6.58 Å². The van der Waals surface area contributed by atoms with E-state index in [-0.39, 0.29) is 5.41 Å². The SMILES string of the molecule is C=CCC1=CC=CC1(Cc1ccccc1)c1cccc(C)c1C. The van der Waals surface area contributed by atoms with Crippen molar-refractivity contribution in [1.29, 1.82) is 0 Å². The maximum atomic E-state index is 3.96. The van der Waals surface area contributed by atoms with E-state index in [1.54, 1.807) is 0 Å². The van der Waals surface area contributed by atoms with Crippen LogP contribution < -0.4 is 0 Å². The highest BCUT2D eigenvalue weighted by molar-refractivity contribution is 5.54. The van der Waals surface area contributed by atoms with E-state index in [0.717, 1.165) is 12.8 Å². The van der Waals surface area contributed by atoms with Gasteiger partial charge in [0.1, 0.15) is 0 Å². The standard InChI is InChI=1S/C23H24/c1-4-10-21-14-9-16-23(21,17-20-12-6-5-7-13-20)22-15-8-11-18(2)19(22)3/h4-9,11-16H,1,10,17H2,2-3H3. The van der Waals surface area contributed by atoms with Gasteiger partial charge in [0.05, 0.1) is 0 Å². The molecular formula is C23H24. The largest absolute Gasteiger partial charge is 0.103 e. The smallest absolute Gasteiger partial charge is 0.0393 e. The molecule has 0 heterocycles. The van der Waals surface area contributed by atoms with Gasteiger partial charge >= 0.3 is 0 Å². The molecule has 0 nitrogen and oxygen atoms in total. The first-order chi connectivity index (χ1) is 11.2. The molecular weight excluding hydrogens is 276 g/mol. The van der Waals surface area contributed by atoms with Gasteiger partial charge in [-0.1, -0.05) is 78.4 Å². The van der Waals surface area contributed by atoms with Crippen LogP contribution in [0.4, 0.5) is 0 Å². The molecule has 116 valence electrons. The lowest BCUT2D eigenvalue weighted by Crippen LogP contribution is -2.28. The molecule has 1 unspecified atom stereocenters. The third-order valence-electron chi connectivity index (χ3n) is 5.03. The van der Waals surface area contributed by atoms with Crippen molar-refractivity contribution in [2.75, 3.05) is 0 Å². The lowest BCUT2D eigenvalue weighted by atomic mass is 9.69. The monoisotopic (exact) mass is 300 g/mol. The van der Waals surface area contributed by atoms with Gasteiger partial charge in [0, 0.05) is 5.41 Å². The second-order valence-electron chi connectivity index (χ2n) is 6.43. The summed E-state index contributed by atoms with van der Waals surface area (Å²) in [6, 6.07) is 17.5. The molecule has 0 fully saturated rings. The molecule has 0 N–H and O–H groups in total. The first kappa shape index (κ1) is 15.6. The molecule has 0 heteroatoms. The van der Waals surface area contributed by atoms with Crippen LogP contribution in [0.1, 0.15) is 28.7 Å². The van der Waals surface area contributed by atoms with Gasteiger partial charge in [0.25, 0.3) is 0 Å². The minimum absolute atomic E-state index is 0.0500. The Bertz CT molecular complexity index is 762. The van der Waals surface area contributed by atoms with Crippen molar-refractivity contribution in [2.45, 2.75) is 32.1 Å². The minimum atomic E-state index is -0.0500. The Morgan fingerprint density at radius 3 is 2.52 bits per heavy atom. The molecule has 1 atom stereocenters. The number of benzene rings is 2. The summed E-state index contributed by atoms with van der Waals surface area (Å²) in [6.45, 7) is 8.41. The second-order valence-corrected chi connectivity index (χ2v) is 6.43. The average Bonchev–Trinajstić information content (AvgIpc) is 2.95. The summed E-state index contributed by atoms with van der Waals surface area (Å²) in [6.07, 6.45) is 10.8. The Morgan fingerprint density at radius 1 is 1.00 bits per heavy atom. The molecule has 1 aliphatic rings. The number of hydrogen-bond acceptors (Lipinski definition) is 0. The Balaban J connectivity index is 2.15. The lowest BCUT2D eigenvalue weighted by Gasteiger charge is -2.34. The van der Waals surface area contributed by atoms with Crippen molar-refractivity contribution in [3.05, 3.63) is 107 Å². The van der Waals surface area contributed by atoms with Crippen LogP contribution in [0, 0.1) is 13.8 Å². The van der Waals surface area contributed by atoms with Crippen LogP contribution in [0.25, 0.3) is 0 Å². The topological polar surface area (TPSA) is 0 Å². The van der Waals surface area contributed by atoms with Crippen LogP contribution in [0.3, 0.4) is 0 Å². The molecule has 3 rings (SSSR count). The van der Waals surface area contributed by atoms with E-state index in [9.17, 15) is 0 Å². The van der Waals surface area contributed by atoms with E-state index in [0.29, 0.717) is 0 Å². The Kier molecular flexibility index (Phi) is 4.34. The van der Waals surface area contributed by atoms with Crippen LogP contribution in [0.2, 0.25) is 0 Å². The predicted octanol–water partition coefficient (Wildman–Crippen LogP) is 5.86. The van der Waals surface area contributed by atoms with E-state index in [1.807, 2.05) is 6.08 Å². The lowest BCUT2D eigenvalue weighted by molar-refractivity contribution is 0.615. The van der Waals surface area contributed by atoms with E-state index in [4.69, 9.17) is 0 Å². The molecule has 2 aromatic rings. The van der Waals surface area contributed by atoms with Crippen molar-refractivity contribution in [3.8, 4) is 0 Å². The zero-order chi connectivity index (χ0) is 16.3. The summed E-state index contributed by atoms with van der Waals surface area (Å²) in [5, 5.41) is 0. The first-order valence-corrected chi connectivity index (χ1v) is 8.28. The highest BCUT2D eigenvalue weighted by Crippen LogP contribution is 2.44. The molecule has 23 heavy (non-hydrogen) atoms. The summed E-state index contributed by atoms with van der Waals surface area (Å²) < 4.78 is 0. The Morgan fingerprint density at radius 2 is 1.78 bits per heavy atom. The summed E-state index contributed by atoms with van der Waals surface area (Å²) in [7, 11) is 0. The van der Waals surface area contributed by atoms with Gasteiger partial charge < -0.3 is 0 Å². The van der Waals surface area contributed by atoms with E-state index in [2.05, 4.69) is 87.2 Å². The third kappa shape index (κ3) is 2.82. The molecule has 0 saturated heterocycles. The van der Waals surface area contributed by atoms with Gasteiger partial charge in [0.15, 0.2) is 0 Å². The van der Waals surface area contributed by atoms with E-state index >= 15 is 0 Å². The normalized spacial score (nSPS) is 19.7. The van der Waals surface area contributed by atoms with Crippen LogP contribution in [0.5, 0.6) is 0 Å². The highest BCUT2D eigenvalue weighted by atomic mass is 14.4.